The Kier molecular flexibility index (Phi) is 8.99. The minimum atomic E-state index is -3.02. The summed E-state index contributed by atoms with van der Waals surface area (Å²) in [5.41, 5.74) is 2.26. The van der Waals surface area contributed by atoms with E-state index < -0.39 is 25.7 Å². The van der Waals surface area contributed by atoms with Crippen molar-refractivity contribution in [3.05, 3.63) is 106 Å². The van der Waals surface area contributed by atoms with Crippen LogP contribution in [0, 0.1) is 18.6 Å². The van der Waals surface area contributed by atoms with Crippen LogP contribution in [-0.4, -0.2) is 44.4 Å². The lowest BCUT2D eigenvalue weighted by atomic mass is 10.0. The molecule has 3 aromatic carbocycles. The number of halogens is 2. The maximum absolute atomic E-state index is 16.3. The second-order valence-electron chi connectivity index (χ2n) is 12.3. The Morgan fingerprint density at radius 2 is 1.56 bits per heavy atom. The van der Waals surface area contributed by atoms with Crippen LogP contribution < -0.4 is 15.3 Å². The Morgan fingerprint density at radius 3 is 2.05 bits per heavy atom. The third kappa shape index (κ3) is 5.96. The normalized spacial score (nSPS) is 17.7. The zero-order chi connectivity index (χ0) is 30.9. The Hall–Kier alpha value is -3.24. The molecule has 2 unspecified atom stereocenters. The van der Waals surface area contributed by atoms with Crippen molar-refractivity contribution in [3.8, 4) is 0 Å². The Labute approximate surface area is 257 Å². The molecule has 1 aliphatic heterocycles. The van der Waals surface area contributed by atoms with E-state index in [1.54, 1.807) is 6.92 Å². The summed E-state index contributed by atoms with van der Waals surface area (Å²) in [5.74, 6) is -2.79. The Balaban J connectivity index is 1.68. The van der Waals surface area contributed by atoms with Crippen molar-refractivity contribution in [2.45, 2.75) is 65.4 Å². The van der Waals surface area contributed by atoms with Gasteiger partial charge in [0.25, 0.3) is 8.32 Å². The lowest BCUT2D eigenvalue weighted by Crippen LogP contribution is -2.66. The molecule has 43 heavy (non-hydrogen) atoms. The molecule has 5 rings (SSSR count). The number of rotatable bonds is 8. The van der Waals surface area contributed by atoms with Gasteiger partial charge in [0.2, 0.25) is 5.78 Å². The second-order valence-corrected chi connectivity index (χ2v) is 17.4. The van der Waals surface area contributed by atoms with Crippen molar-refractivity contribution in [1.29, 1.82) is 0 Å². The van der Waals surface area contributed by atoms with Crippen LogP contribution in [0.25, 0.3) is 0 Å². The average Bonchev–Trinajstić information content (AvgIpc) is 3.40. The van der Waals surface area contributed by atoms with E-state index >= 15 is 8.78 Å². The number of aromatic nitrogens is 1. The molecule has 4 aromatic rings. The molecular formula is C34H38F2N2O3SSi. The van der Waals surface area contributed by atoms with Gasteiger partial charge in [-0.05, 0) is 42.2 Å². The molecular weight excluding hydrogens is 583 g/mol. The van der Waals surface area contributed by atoms with E-state index in [1.807, 2.05) is 55.1 Å². The number of ether oxygens (including phenoxy) is 1. The molecule has 1 aliphatic rings. The predicted molar refractivity (Wildman–Crippen MR) is 171 cm³/mol. The number of carbonyl (C=O) groups excluding carboxylic acids is 1. The molecule has 0 aliphatic carbocycles. The number of nitrogens with zero attached hydrogens (tertiary/aromatic N) is 2. The van der Waals surface area contributed by atoms with Crippen molar-refractivity contribution in [2.24, 2.45) is 0 Å². The minimum Gasteiger partial charge on any atom is -0.403 e. The molecule has 226 valence electrons. The van der Waals surface area contributed by atoms with Gasteiger partial charge >= 0.3 is 0 Å². The maximum atomic E-state index is 16.3. The van der Waals surface area contributed by atoms with Gasteiger partial charge in [-0.15, -0.1) is 11.3 Å². The van der Waals surface area contributed by atoms with Crippen LogP contribution in [0.3, 0.4) is 0 Å². The molecule has 0 amide bonds. The highest BCUT2D eigenvalue weighted by molar-refractivity contribution is 7.12. The third-order valence-electron chi connectivity index (χ3n) is 8.05. The zero-order valence-electron chi connectivity index (χ0n) is 25.5. The minimum absolute atomic E-state index is 0.0120. The topological polar surface area (TPSA) is 51.7 Å². The van der Waals surface area contributed by atoms with Gasteiger partial charge < -0.3 is 14.1 Å². The smallest absolute Gasteiger partial charge is 0.261 e. The van der Waals surface area contributed by atoms with Crippen LogP contribution in [0.4, 0.5) is 14.5 Å². The molecule has 2 heterocycles. The summed E-state index contributed by atoms with van der Waals surface area (Å²) in [5, 5.41) is 1.82. The Morgan fingerprint density at radius 1 is 1.00 bits per heavy atom. The van der Waals surface area contributed by atoms with Gasteiger partial charge in [0, 0.05) is 18.7 Å². The molecule has 9 heteroatoms. The van der Waals surface area contributed by atoms with Gasteiger partial charge in [0.1, 0.15) is 0 Å². The summed E-state index contributed by atoms with van der Waals surface area (Å²) in [6, 6.07) is 21.8. The summed E-state index contributed by atoms with van der Waals surface area (Å²) < 4.78 is 45.2. The number of hydrogen-bond acceptors (Lipinski definition) is 6. The van der Waals surface area contributed by atoms with E-state index in [0.29, 0.717) is 29.2 Å². The quantitative estimate of drug-likeness (QED) is 0.163. The highest BCUT2D eigenvalue weighted by Gasteiger charge is 2.50. The van der Waals surface area contributed by atoms with E-state index in [2.05, 4.69) is 50.0 Å². The van der Waals surface area contributed by atoms with Crippen LogP contribution in [0.1, 0.15) is 61.1 Å². The van der Waals surface area contributed by atoms with Crippen LogP contribution in [0.15, 0.2) is 72.2 Å². The van der Waals surface area contributed by atoms with E-state index in [-0.39, 0.29) is 35.1 Å². The molecule has 1 saturated heterocycles. The lowest BCUT2D eigenvalue weighted by molar-refractivity contribution is -0.00553. The predicted octanol–water partition coefficient (Wildman–Crippen LogP) is 6.65. The monoisotopic (exact) mass is 620 g/mol. The molecule has 0 saturated carbocycles. The van der Waals surface area contributed by atoms with Crippen LogP contribution in [0.2, 0.25) is 5.04 Å². The van der Waals surface area contributed by atoms with Crippen LogP contribution in [-0.2, 0) is 15.8 Å². The first-order valence-corrected chi connectivity index (χ1v) is 17.3. The fraction of sp³-hybridized carbons (Fsp3) is 0.353. The molecule has 1 fully saturated rings. The standard InChI is InChI=1S/C34H38F2N2O3SSi/c1-22-18-38(19-23(2)41-22)31-25(17-28(29(35)30(31)36)32(39)33-24(3)37-21-42-33)20-40-43(34(4,5)6,26-13-9-7-10-14-26)27-15-11-8-12-16-27/h7-17,21-23H,18-20H2,1-6H3. The summed E-state index contributed by atoms with van der Waals surface area (Å²) >= 11 is 1.12. The first-order chi connectivity index (χ1) is 20.4. The van der Waals surface area contributed by atoms with Gasteiger partial charge in [-0.2, -0.15) is 0 Å². The summed E-state index contributed by atoms with van der Waals surface area (Å²) in [4.78, 5) is 19.8. The lowest BCUT2D eigenvalue weighted by Gasteiger charge is -2.43. The summed E-state index contributed by atoms with van der Waals surface area (Å²) in [6.07, 6.45) is -0.365. The Bertz CT molecular complexity index is 1540. The first-order valence-electron chi connectivity index (χ1n) is 14.5. The number of morpholine rings is 1. The average molecular weight is 621 g/mol. The SMILES string of the molecule is Cc1ncsc1C(=O)c1cc(CO[Si](c2ccccc2)(c2ccccc2)C(C)(C)C)c(N2CC(C)OC(C)C2)c(F)c1F. The van der Waals surface area contributed by atoms with Crippen molar-refractivity contribution in [2.75, 3.05) is 18.0 Å². The number of thiazole rings is 1. The molecule has 0 spiro atoms. The van der Waals surface area contributed by atoms with Gasteiger partial charge in [0.05, 0.1) is 46.1 Å². The van der Waals surface area contributed by atoms with E-state index in [9.17, 15) is 4.79 Å². The maximum Gasteiger partial charge on any atom is 0.261 e. The second kappa shape index (κ2) is 12.4. The number of anilines is 1. The molecule has 2 atom stereocenters. The summed E-state index contributed by atoms with van der Waals surface area (Å²) in [7, 11) is -3.02. The van der Waals surface area contributed by atoms with Crippen molar-refractivity contribution in [3.63, 3.8) is 0 Å². The van der Waals surface area contributed by atoms with E-state index in [4.69, 9.17) is 9.16 Å². The number of carbonyl (C=O) groups is 1. The largest absolute Gasteiger partial charge is 0.403 e. The fourth-order valence-corrected chi connectivity index (χ4v) is 11.5. The highest BCUT2D eigenvalue weighted by Crippen LogP contribution is 2.39. The molecule has 0 radical (unpaired) electrons. The van der Waals surface area contributed by atoms with Crippen molar-refractivity contribution >= 4 is 41.5 Å². The summed E-state index contributed by atoms with van der Waals surface area (Å²) in [6.45, 7) is 12.8. The van der Waals surface area contributed by atoms with Gasteiger partial charge in [0.15, 0.2) is 11.6 Å². The highest BCUT2D eigenvalue weighted by atomic mass is 32.1. The van der Waals surface area contributed by atoms with Crippen molar-refractivity contribution < 1.29 is 22.7 Å². The number of aryl methyl sites for hydroxylation is 1. The van der Waals surface area contributed by atoms with Crippen molar-refractivity contribution in [1.82, 2.24) is 4.98 Å². The van der Waals surface area contributed by atoms with Gasteiger partial charge in [-0.1, -0.05) is 81.4 Å². The van der Waals surface area contributed by atoms with E-state index in [0.717, 1.165) is 21.7 Å². The first kappa shape index (κ1) is 31.2. The molecule has 0 bridgehead atoms. The zero-order valence-corrected chi connectivity index (χ0v) is 27.3. The number of ketones is 1. The third-order valence-corrected chi connectivity index (χ3v) is 14.0. The fourth-order valence-electron chi connectivity index (χ4n) is 6.24. The van der Waals surface area contributed by atoms with Crippen LogP contribution in [0.5, 0.6) is 0 Å². The van der Waals surface area contributed by atoms with Gasteiger partial charge in [-0.3, -0.25) is 4.79 Å². The molecule has 1 aromatic heterocycles. The molecule has 0 N–H and O–H groups in total. The molecule has 5 nitrogen and oxygen atoms in total. The van der Waals surface area contributed by atoms with E-state index in [1.165, 1.54) is 11.6 Å². The van der Waals surface area contributed by atoms with Crippen LogP contribution >= 0.6 is 11.3 Å². The van der Waals surface area contributed by atoms with Gasteiger partial charge in [-0.25, -0.2) is 13.8 Å². The number of hydrogen-bond donors (Lipinski definition) is 0. The number of benzene rings is 3.